The van der Waals surface area contributed by atoms with E-state index in [-0.39, 0.29) is 0 Å². The van der Waals surface area contributed by atoms with Gasteiger partial charge in [-0.15, -0.1) is 0 Å². The molecular formula is C10H16N6O. The molecule has 92 valence electrons. The van der Waals surface area contributed by atoms with Gasteiger partial charge in [0.05, 0.1) is 6.33 Å². The van der Waals surface area contributed by atoms with E-state index in [1.165, 1.54) is 6.33 Å². The Kier molecular flexibility index (Phi) is 3.21. The molecule has 0 fully saturated rings. The van der Waals surface area contributed by atoms with Crippen LogP contribution in [0.5, 0.6) is 0 Å². The van der Waals surface area contributed by atoms with Gasteiger partial charge in [0.2, 0.25) is 0 Å². The van der Waals surface area contributed by atoms with E-state index in [2.05, 4.69) is 15.0 Å². The molecule has 1 atom stereocenters. The normalized spacial score (nSPS) is 13.4. The lowest BCUT2D eigenvalue weighted by Crippen LogP contribution is -2.31. The van der Waals surface area contributed by atoms with Gasteiger partial charge in [0.25, 0.3) is 0 Å². The van der Waals surface area contributed by atoms with Crippen LogP contribution in [0.2, 0.25) is 0 Å². The maximum atomic E-state index is 9.36. The maximum absolute atomic E-state index is 9.36. The predicted molar refractivity (Wildman–Crippen MR) is 64.0 cm³/mol. The summed E-state index contributed by atoms with van der Waals surface area (Å²) < 4.78 is 1.90. The summed E-state index contributed by atoms with van der Waals surface area (Å²) in [6, 6.07) is 0. The molecule has 7 nitrogen and oxygen atoms in total. The van der Waals surface area contributed by atoms with Crippen molar-refractivity contribution in [1.29, 1.82) is 0 Å². The highest BCUT2D eigenvalue weighted by Crippen LogP contribution is 2.13. The van der Waals surface area contributed by atoms with Crippen LogP contribution in [0.25, 0.3) is 11.2 Å². The van der Waals surface area contributed by atoms with Gasteiger partial charge in [0, 0.05) is 13.1 Å². The second kappa shape index (κ2) is 4.64. The fourth-order valence-corrected chi connectivity index (χ4v) is 1.51. The van der Waals surface area contributed by atoms with Gasteiger partial charge < -0.3 is 15.4 Å². The molecule has 3 N–H and O–H groups in total. The second-order valence-electron chi connectivity index (χ2n) is 3.98. The molecule has 2 heterocycles. The highest BCUT2D eigenvalue weighted by Gasteiger charge is 2.09. The quantitative estimate of drug-likeness (QED) is 0.707. The summed E-state index contributed by atoms with van der Waals surface area (Å²) in [6.07, 6.45) is 2.64. The van der Waals surface area contributed by atoms with Crippen molar-refractivity contribution >= 4 is 17.0 Å². The molecule has 0 aromatic carbocycles. The number of nitrogens with two attached hydrogens (primary N) is 1. The molecule has 0 spiro atoms. The molecule has 0 radical (unpaired) electrons. The first-order valence-corrected chi connectivity index (χ1v) is 5.39. The van der Waals surface area contributed by atoms with E-state index in [4.69, 9.17) is 5.73 Å². The zero-order valence-corrected chi connectivity index (χ0v) is 9.91. The maximum Gasteiger partial charge on any atom is 0.165 e. The predicted octanol–water partition coefficient (Wildman–Crippen LogP) is -0.321. The van der Waals surface area contributed by atoms with Crippen molar-refractivity contribution in [3.63, 3.8) is 0 Å². The van der Waals surface area contributed by atoms with Gasteiger partial charge in [-0.3, -0.25) is 4.90 Å². The average Bonchev–Trinajstić information content (AvgIpc) is 2.70. The summed E-state index contributed by atoms with van der Waals surface area (Å²) >= 11 is 0. The van der Waals surface area contributed by atoms with Crippen molar-refractivity contribution in [3.8, 4) is 0 Å². The summed E-state index contributed by atoms with van der Waals surface area (Å²) in [7, 11) is 1.85. The summed E-state index contributed by atoms with van der Waals surface area (Å²) in [4.78, 5) is 14.0. The fourth-order valence-electron chi connectivity index (χ4n) is 1.51. The Bertz CT molecular complexity index is 508. The van der Waals surface area contributed by atoms with Gasteiger partial charge in [-0.2, -0.15) is 0 Å². The Morgan fingerprint density at radius 2 is 2.24 bits per heavy atom. The van der Waals surface area contributed by atoms with Crippen LogP contribution in [0.3, 0.4) is 0 Å². The van der Waals surface area contributed by atoms with E-state index in [1.807, 2.05) is 16.5 Å². The monoisotopic (exact) mass is 236 g/mol. The van der Waals surface area contributed by atoms with Crippen molar-refractivity contribution < 1.29 is 5.11 Å². The van der Waals surface area contributed by atoms with E-state index >= 15 is 0 Å². The van der Waals surface area contributed by atoms with Crippen LogP contribution >= 0.6 is 0 Å². The lowest BCUT2D eigenvalue weighted by molar-refractivity contribution is 0.0364. The molecule has 0 aliphatic carbocycles. The molecule has 7 heteroatoms. The Morgan fingerprint density at radius 3 is 2.94 bits per heavy atom. The number of anilines is 1. The number of likely N-dealkylation sites (N-methyl/N-ethyl adjacent to an activating group) is 1. The molecule has 0 aliphatic rings. The minimum Gasteiger partial charge on any atom is -0.382 e. The number of aromatic nitrogens is 4. The SMILES string of the molecule is CC(O)N(C)CCn1cnc2c(N)ncnc21. The molecule has 0 saturated heterocycles. The summed E-state index contributed by atoms with van der Waals surface area (Å²) in [5.74, 6) is 0.387. The van der Waals surface area contributed by atoms with Gasteiger partial charge in [0.1, 0.15) is 18.1 Å². The van der Waals surface area contributed by atoms with E-state index in [1.54, 1.807) is 13.3 Å². The van der Waals surface area contributed by atoms with Gasteiger partial charge in [-0.05, 0) is 14.0 Å². The third kappa shape index (κ3) is 2.34. The summed E-state index contributed by atoms with van der Waals surface area (Å²) in [5, 5.41) is 9.36. The summed E-state index contributed by atoms with van der Waals surface area (Å²) in [6.45, 7) is 3.12. The molecule has 2 aromatic rings. The zero-order valence-electron chi connectivity index (χ0n) is 9.91. The van der Waals surface area contributed by atoms with Crippen LogP contribution in [-0.2, 0) is 6.54 Å². The van der Waals surface area contributed by atoms with Crippen LogP contribution in [0.1, 0.15) is 6.92 Å². The molecule has 17 heavy (non-hydrogen) atoms. The highest BCUT2D eigenvalue weighted by molar-refractivity contribution is 5.80. The number of imidazole rings is 1. The van der Waals surface area contributed by atoms with Crippen LogP contribution in [-0.4, -0.2) is 49.3 Å². The number of hydrogen-bond donors (Lipinski definition) is 2. The number of rotatable bonds is 4. The van der Waals surface area contributed by atoms with Crippen LogP contribution in [0.4, 0.5) is 5.82 Å². The first-order chi connectivity index (χ1) is 8.09. The number of hydrogen-bond acceptors (Lipinski definition) is 6. The van der Waals surface area contributed by atoms with Gasteiger partial charge in [0.15, 0.2) is 11.5 Å². The third-order valence-corrected chi connectivity index (χ3v) is 2.76. The van der Waals surface area contributed by atoms with Crippen molar-refractivity contribution in [2.45, 2.75) is 19.7 Å². The van der Waals surface area contributed by atoms with Gasteiger partial charge >= 0.3 is 0 Å². The molecule has 0 aliphatic heterocycles. The van der Waals surface area contributed by atoms with E-state index < -0.39 is 6.23 Å². The van der Waals surface area contributed by atoms with Crippen molar-refractivity contribution in [2.24, 2.45) is 0 Å². The van der Waals surface area contributed by atoms with Crippen molar-refractivity contribution in [2.75, 3.05) is 19.3 Å². The standard InChI is InChI=1S/C10H16N6O/c1-7(17)15(2)3-4-16-6-14-8-9(11)12-5-13-10(8)16/h5-7,17H,3-4H2,1-2H3,(H2,11,12,13). The molecular weight excluding hydrogens is 220 g/mol. The topological polar surface area (TPSA) is 93.1 Å². The third-order valence-electron chi connectivity index (χ3n) is 2.76. The van der Waals surface area contributed by atoms with E-state index in [9.17, 15) is 5.11 Å². The van der Waals surface area contributed by atoms with Crippen molar-refractivity contribution in [3.05, 3.63) is 12.7 Å². The molecule has 0 amide bonds. The second-order valence-corrected chi connectivity index (χ2v) is 3.98. The first kappa shape index (κ1) is 11.7. The summed E-state index contributed by atoms with van der Waals surface area (Å²) in [5.41, 5.74) is 7.03. The molecule has 0 saturated carbocycles. The molecule has 2 rings (SSSR count). The average molecular weight is 236 g/mol. The first-order valence-electron chi connectivity index (χ1n) is 5.39. The number of aliphatic hydroxyl groups excluding tert-OH is 1. The molecule has 1 unspecified atom stereocenters. The number of nitrogen functional groups attached to an aromatic ring is 1. The van der Waals surface area contributed by atoms with Gasteiger partial charge in [-0.1, -0.05) is 0 Å². The minimum absolute atomic E-state index is 0.387. The number of aliphatic hydroxyl groups is 1. The Hall–Kier alpha value is -1.73. The highest BCUT2D eigenvalue weighted by atomic mass is 16.3. The zero-order chi connectivity index (χ0) is 12.4. The fraction of sp³-hybridized carbons (Fsp3) is 0.500. The van der Waals surface area contributed by atoms with Crippen molar-refractivity contribution in [1.82, 2.24) is 24.4 Å². The smallest absolute Gasteiger partial charge is 0.165 e. The molecule has 0 bridgehead atoms. The number of nitrogens with zero attached hydrogens (tertiary/aromatic N) is 5. The van der Waals surface area contributed by atoms with Crippen LogP contribution in [0, 0.1) is 0 Å². The Balaban J connectivity index is 2.17. The Morgan fingerprint density at radius 1 is 1.47 bits per heavy atom. The van der Waals surface area contributed by atoms with E-state index in [0.717, 1.165) is 5.65 Å². The largest absolute Gasteiger partial charge is 0.382 e. The Labute approximate surface area is 98.9 Å². The number of fused-ring (bicyclic) bond motifs is 1. The van der Waals surface area contributed by atoms with Crippen LogP contribution < -0.4 is 5.73 Å². The molecule has 2 aromatic heterocycles. The van der Waals surface area contributed by atoms with Gasteiger partial charge in [-0.25, -0.2) is 15.0 Å². The minimum atomic E-state index is -0.468. The van der Waals surface area contributed by atoms with E-state index in [0.29, 0.717) is 24.4 Å². The van der Waals surface area contributed by atoms with Crippen LogP contribution in [0.15, 0.2) is 12.7 Å². The lowest BCUT2D eigenvalue weighted by Gasteiger charge is -2.19. The lowest BCUT2D eigenvalue weighted by atomic mass is 10.4.